The van der Waals surface area contributed by atoms with Crippen molar-refractivity contribution in [3.05, 3.63) is 88.2 Å². The van der Waals surface area contributed by atoms with Crippen molar-refractivity contribution in [2.75, 3.05) is 43.1 Å². The number of aryl methyl sites for hydroxylation is 1. The summed E-state index contributed by atoms with van der Waals surface area (Å²) in [5.41, 5.74) is 3.20. The van der Waals surface area contributed by atoms with E-state index in [2.05, 4.69) is 40.3 Å². The number of pyridine rings is 1. The molecule has 0 saturated carbocycles. The molecule has 10 heteroatoms. The molecule has 216 valence electrons. The Morgan fingerprint density at radius 1 is 0.976 bits per heavy atom. The molecule has 2 aromatic heterocycles. The first kappa shape index (κ1) is 28.6. The summed E-state index contributed by atoms with van der Waals surface area (Å²) in [6.07, 6.45) is 3.33. The Hall–Kier alpha value is -3.89. The Morgan fingerprint density at radius 2 is 1.71 bits per heavy atom. The van der Waals surface area contributed by atoms with Crippen LogP contribution in [0.15, 0.2) is 75.0 Å². The monoisotopic (exact) mass is 576 g/mol. The molecule has 0 atom stereocenters. The largest absolute Gasteiger partial charge is 0.496 e. The predicted molar refractivity (Wildman–Crippen MR) is 162 cm³/mol. The Bertz CT molecular complexity index is 1740. The molecule has 4 aromatic rings. The number of piperazine rings is 1. The molecule has 0 bridgehead atoms. The summed E-state index contributed by atoms with van der Waals surface area (Å²) >= 11 is 0. The van der Waals surface area contributed by atoms with Crippen molar-refractivity contribution < 1.29 is 17.6 Å². The van der Waals surface area contributed by atoms with E-state index in [-0.39, 0.29) is 22.5 Å². The quantitative estimate of drug-likeness (QED) is 0.340. The number of fused-ring (bicyclic) bond motifs is 1. The number of aromatic nitrogens is 1. The number of ether oxygens (including phenoxy) is 1. The van der Waals surface area contributed by atoms with Crippen LogP contribution in [0.25, 0.3) is 10.8 Å². The molecule has 1 fully saturated rings. The van der Waals surface area contributed by atoms with E-state index in [1.165, 1.54) is 6.07 Å². The van der Waals surface area contributed by atoms with Crippen LogP contribution in [0.2, 0.25) is 0 Å². The van der Waals surface area contributed by atoms with E-state index in [1.54, 1.807) is 38.6 Å². The Morgan fingerprint density at radius 3 is 2.39 bits per heavy atom. The molecule has 3 heterocycles. The van der Waals surface area contributed by atoms with Gasteiger partial charge in [0.05, 0.1) is 12.0 Å². The van der Waals surface area contributed by atoms with Crippen molar-refractivity contribution in [1.82, 2.24) is 9.71 Å². The molecule has 2 aromatic carbocycles. The van der Waals surface area contributed by atoms with Crippen LogP contribution in [0, 0.1) is 6.92 Å². The van der Waals surface area contributed by atoms with Gasteiger partial charge >= 0.3 is 5.63 Å². The average molecular weight is 577 g/mol. The lowest BCUT2D eigenvalue weighted by atomic mass is 9.86. The van der Waals surface area contributed by atoms with Gasteiger partial charge in [-0.15, -0.1) is 0 Å². The van der Waals surface area contributed by atoms with Gasteiger partial charge in [0.2, 0.25) is 10.0 Å². The lowest BCUT2D eigenvalue weighted by molar-refractivity contribution is 0.408. The van der Waals surface area contributed by atoms with Crippen LogP contribution < -0.4 is 24.9 Å². The fourth-order valence-corrected chi connectivity index (χ4v) is 6.48. The smallest absolute Gasteiger partial charge is 0.337 e. The molecule has 0 amide bonds. The minimum atomic E-state index is -3.86. The molecule has 1 N–H and O–H groups in total. The summed E-state index contributed by atoms with van der Waals surface area (Å²) in [5, 5.41) is 1.38. The Labute approximate surface area is 240 Å². The zero-order chi connectivity index (χ0) is 29.4. The summed E-state index contributed by atoms with van der Waals surface area (Å²) in [7, 11) is -2.27. The minimum absolute atomic E-state index is 0.0841. The highest BCUT2D eigenvalue weighted by molar-refractivity contribution is 7.89. The first-order chi connectivity index (χ1) is 19.5. The SMILES string of the molecule is COc1ccc(C(C)(C)C)cc1CNS(=O)(=O)c1ccc(N2CCN(c3cc(C)oc(=O)c3)CC2)c2cnccc12. The number of hydrogen-bond acceptors (Lipinski definition) is 8. The number of benzene rings is 2. The van der Waals surface area contributed by atoms with Gasteiger partial charge in [0.1, 0.15) is 11.5 Å². The average Bonchev–Trinajstić information content (AvgIpc) is 2.94. The normalized spacial score (nSPS) is 14.5. The molecule has 9 nitrogen and oxygen atoms in total. The maximum atomic E-state index is 13.6. The van der Waals surface area contributed by atoms with Crippen LogP contribution in [0.4, 0.5) is 11.4 Å². The summed E-state index contributed by atoms with van der Waals surface area (Å²) in [5.74, 6) is 1.22. The third-order valence-electron chi connectivity index (χ3n) is 7.51. The second-order valence-corrected chi connectivity index (χ2v) is 13.1. The summed E-state index contributed by atoms with van der Waals surface area (Å²) < 4.78 is 40.6. The van der Waals surface area contributed by atoms with Crippen LogP contribution in [0.3, 0.4) is 0 Å². The van der Waals surface area contributed by atoms with E-state index in [9.17, 15) is 13.2 Å². The van der Waals surface area contributed by atoms with Crippen molar-refractivity contribution in [2.24, 2.45) is 0 Å². The van der Waals surface area contributed by atoms with Gasteiger partial charge in [-0.2, -0.15) is 0 Å². The molecule has 0 spiro atoms. The molecular weight excluding hydrogens is 540 g/mol. The van der Waals surface area contributed by atoms with Crippen molar-refractivity contribution in [3.8, 4) is 5.75 Å². The summed E-state index contributed by atoms with van der Waals surface area (Å²) in [4.78, 5) is 20.7. The molecule has 0 aliphatic carbocycles. The maximum Gasteiger partial charge on any atom is 0.337 e. The maximum absolute atomic E-state index is 13.6. The fourth-order valence-electron chi connectivity index (χ4n) is 5.27. The second kappa shape index (κ2) is 11.2. The Kier molecular flexibility index (Phi) is 7.80. The van der Waals surface area contributed by atoms with Crippen molar-refractivity contribution in [2.45, 2.75) is 44.6 Å². The van der Waals surface area contributed by atoms with Crippen LogP contribution in [0.1, 0.15) is 37.7 Å². The van der Waals surface area contributed by atoms with E-state index in [0.717, 1.165) is 27.9 Å². The van der Waals surface area contributed by atoms with Crippen molar-refractivity contribution >= 4 is 32.2 Å². The van der Waals surface area contributed by atoms with Crippen LogP contribution >= 0.6 is 0 Å². The molecule has 1 aliphatic rings. The molecule has 1 aliphatic heterocycles. The predicted octanol–water partition coefficient (Wildman–Crippen LogP) is 4.61. The first-order valence-electron chi connectivity index (χ1n) is 13.6. The van der Waals surface area contributed by atoms with E-state index in [4.69, 9.17) is 9.15 Å². The number of anilines is 2. The van der Waals surface area contributed by atoms with Gasteiger partial charge in [-0.1, -0.05) is 32.9 Å². The van der Waals surface area contributed by atoms with E-state index in [0.29, 0.717) is 43.1 Å². The third kappa shape index (κ3) is 6.08. The van der Waals surface area contributed by atoms with Crippen molar-refractivity contribution in [3.63, 3.8) is 0 Å². The zero-order valence-corrected chi connectivity index (χ0v) is 24.9. The lowest BCUT2D eigenvalue weighted by Crippen LogP contribution is -2.46. The molecule has 1 saturated heterocycles. The topological polar surface area (TPSA) is 105 Å². The van der Waals surface area contributed by atoms with Gasteiger partial charge in [-0.05, 0) is 48.2 Å². The first-order valence-corrected chi connectivity index (χ1v) is 15.1. The summed E-state index contributed by atoms with van der Waals surface area (Å²) in [6, 6.07) is 14.5. The number of rotatable bonds is 7. The van der Waals surface area contributed by atoms with E-state index in [1.807, 2.05) is 30.3 Å². The number of nitrogens with one attached hydrogen (secondary N) is 1. The molecule has 0 radical (unpaired) electrons. The minimum Gasteiger partial charge on any atom is -0.496 e. The molecule has 5 rings (SSSR count). The van der Waals surface area contributed by atoms with Gasteiger partial charge in [0.15, 0.2) is 0 Å². The highest BCUT2D eigenvalue weighted by atomic mass is 32.2. The Balaban J connectivity index is 1.39. The van der Waals surface area contributed by atoms with Crippen LogP contribution in [-0.2, 0) is 22.0 Å². The van der Waals surface area contributed by atoms with Gasteiger partial charge in [0.25, 0.3) is 0 Å². The van der Waals surface area contributed by atoms with Gasteiger partial charge in [0, 0.05) is 78.9 Å². The number of sulfonamides is 1. The third-order valence-corrected chi connectivity index (χ3v) is 8.97. The van der Waals surface area contributed by atoms with Gasteiger partial charge in [-0.25, -0.2) is 17.9 Å². The van der Waals surface area contributed by atoms with Crippen LogP contribution in [0.5, 0.6) is 5.75 Å². The highest BCUT2D eigenvalue weighted by Crippen LogP contribution is 2.33. The number of hydrogen-bond donors (Lipinski definition) is 1. The fraction of sp³-hybridized carbons (Fsp3) is 0.355. The van der Waals surface area contributed by atoms with Gasteiger partial charge in [-0.3, -0.25) is 4.98 Å². The molecular formula is C31H36N4O5S. The van der Waals surface area contributed by atoms with Crippen molar-refractivity contribution in [1.29, 1.82) is 0 Å². The van der Waals surface area contributed by atoms with Gasteiger partial charge < -0.3 is 19.0 Å². The standard InChI is InChI=1S/C31H36N4O5S/c1-21-16-24(18-30(36)40-21)34-12-14-35(15-13-34)27-7-9-29(25-10-11-32-20-26(25)27)41(37,38)33-19-22-17-23(31(2,3)4)6-8-28(22)39-5/h6-11,16-18,20,33H,12-15,19H2,1-5H3. The number of nitrogens with zero attached hydrogens (tertiary/aromatic N) is 3. The number of methoxy groups -OCH3 is 1. The van der Waals surface area contributed by atoms with E-state index >= 15 is 0 Å². The van der Waals surface area contributed by atoms with E-state index < -0.39 is 10.0 Å². The lowest BCUT2D eigenvalue weighted by Gasteiger charge is -2.37. The highest BCUT2D eigenvalue weighted by Gasteiger charge is 2.24. The zero-order valence-electron chi connectivity index (χ0n) is 24.1. The van der Waals surface area contributed by atoms with Crippen LogP contribution in [-0.4, -0.2) is 46.7 Å². The second-order valence-electron chi connectivity index (χ2n) is 11.3. The molecule has 41 heavy (non-hydrogen) atoms. The summed E-state index contributed by atoms with van der Waals surface area (Å²) in [6.45, 7) is 11.0. The molecule has 0 unspecified atom stereocenters.